The number of ether oxygens (including phenoxy) is 1. The van der Waals surface area contributed by atoms with E-state index in [4.69, 9.17) is 4.74 Å². The zero-order valence-corrected chi connectivity index (χ0v) is 17.0. The fraction of sp³-hybridized carbons (Fsp3) is 0.0833. The fourth-order valence-corrected chi connectivity index (χ4v) is 3.20. The van der Waals surface area contributed by atoms with E-state index < -0.39 is 10.9 Å². The minimum Gasteiger partial charge on any atom is -0.404 e. The van der Waals surface area contributed by atoms with E-state index in [1.807, 2.05) is 62.4 Å². The average molecular weight is 413 g/mol. The van der Waals surface area contributed by atoms with Gasteiger partial charge in [-0.3, -0.25) is 10.1 Å². The molecule has 0 saturated carbocycles. The second-order valence-electron chi connectivity index (χ2n) is 7.06. The number of nitro groups is 1. The molecule has 0 bridgehead atoms. The van der Waals surface area contributed by atoms with E-state index in [0.29, 0.717) is 5.69 Å². The molecule has 1 aromatic heterocycles. The van der Waals surface area contributed by atoms with Crippen LogP contribution in [0.1, 0.15) is 21.5 Å². The first-order valence-electron chi connectivity index (χ1n) is 9.63. The number of hydrogen-bond donors (Lipinski definition) is 0. The lowest BCUT2D eigenvalue weighted by atomic mass is 10.1. The Balaban J connectivity index is 1.75. The van der Waals surface area contributed by atoms with E-state index in [2.05, 4.69) is 5.10 Å². The van der Waals surface area contributed by atoms with Crippen molar-refractivity contribution in [3.63, 3.8) is 0 Å². The van der Waals surface area contributed by atoms with Crippen molar-refractivity contribution in [3.05, 3.63) is 106 Å². The van der Waals surface area contributed by atoms with Crippen molar-refractivity contribution in [2.45, 2.75) is 13.8 Å². The molecular weight excluding hydrogens is 394 g/mol. The van der Waals surface area contributed by atoms with E-state index >= 15 is 0 Å². The van der Waals surface area contributed by atoms with E-state index in [0.717, 1.165) is 22.4 Å². The van der Waals surface area contributed by atoms with Crippen molar-refractivity contribution < 1.29 is 14.5 Å². The van der Waals surface area contributed by atoms with E-state index in [1.54, 1.807) is 10.7 Å². The maximum Gasteiger partial charge on any atom is 0.344 e. The number of non-ortho nitro benzene ring substituents is 1. The summed E-state index contributed by atoms with van der Waals surface area (Å²) >= 11 is 0. The standard InChI is InChI=1S/C24H19N3O4/c1-16-7-6-10-22(17(16)2)26-23(15-21(25-26)18-8-4-3-5-9-18)31-24(28)19-11-13-20(14-12-19)27(29)30/h3-15H,1-2H3. The lowest BCUT2D eigenvalue weighted by Crippen LogP contribution is -2.12. The van der Waals surface area contributed by atoms with Crippen LogP contribution in [0.25, 0.3) is 16.9 Å². The summed E-state index contributed by atoms with van der Waals surface area (Å²) in [5.74, 6) is -0.364. The molecule has 0 fully saturated rings. The summed E-state index contributed by atoms with van der Waals surface area (Å²) in [4.78, 5) is 23.1. The van der Waals surface area contributed by atoms with Crippen molar-refractivity contribution in [1.29, 1.82) is 0 Å². The molecule has 154 valence electrons. The van der Waals surface area contributed by atoms with Crippen molar-refractivity contribution in [1.82, 2.24) is 9.78 Å². The molecule has 31 heavy (non-hydrogen) atoms. The predicted molar refractivity (Wildman–Crippen MR) is 117 cm³/mol. The molecule has 1 heterocycles. The maximum absolute atomic E-state index is 12.7. The molecule has 4 aromatic rings. The largest absolute Gasteiger partial charge is 0.404 e. The monoisotopic (exact) mass is 413 g/mol. The van der Waals surface area contributed by atoms with Crippen LogP contribution in [0.15, 0.2) is 78.9 Å². The van der Waals surface area contributed by atoms with Crippen molar-refractivity contribution in [2.75, 3.05) is 0 Å². The number of hydrogen-bond acceptors (Lipinski definition) is 5. The highest BCUT2D eigenvalue weighted by Crippen LogP contribution is 2.29. The molecule has 0 aliphatic heterocycles. The fourth-order valence-electron chi connectivity index (χ4n) is 3.20. The maximum atomic E-state index is 12.7. The summed E-state index contributed by atoms with van der Waals surface area (Å²) in [7, 11) is 0. The Labute approximate surface area is 178 Å². The number of benzene rings is 3. The number of aromatic nitrogens is 2. The molecule has 0 atom stereocenters. The average Bonchev–Trinajstić information content (AvgIpc) is 3.19. The van der Waals surface area contributed by atoms with Crippen LogP contribution in [0.3, 0.4) is 0 Å². The van der Waals surface area contributed by atoms with Gasteiger partial charge in [0, 0.05) is 23.8 Å². The van der Waals surface area contributed by atoms with E-state index in [1.165, 1.54) is 24.3 Å². The molecule has 0 spiro atoms. The smallest absolute Gasteiger partial charge is 0.344 e. The normalized spacial score (nSPS) is 10.6. The molecule has 0 aliphatic rings. The summed E-state index contributed by atoms with van der Waals surface area (Å²) in [6.45, 7) is 3.99. The summed E-state index contributed by atoms with van der Waals surface area (Å²) in [5, 5.41) is 15.5. The van der Waals surface area contributed by atoms with Crippen LogP contribution in [0.2, 0.25) is 0 Å². The number of nitrogens with zero attached hydrogens (tertiary/aromatic N) is 3. The Morgan fingerprint density at radius 1 is 0.968 bits per heavy atom. The first-order chi connectivity index (χ1) is 14.9. The van der Waals surface area contributed by atoms with Crippen molar-refractivity contribution in [3.8, 4) is 22.8 Å². The van der Waals surface area contributed by atoms with Crippen LogP contribution in [0, 0.1) is 24.0 Å². The minimum absolute atomic E-state index is 0.0941. The van der Waals surface area contributed by atoms with Gasteiger partial charge in [0.2, 0.25) is 5.88 Å². The summed E-state index contributed by atoms with van der Waals surface area (Å²) in [6, 6.07) is 22.4. The number of carbonyl (C=O) groups is 1. The highest BCUT2D eigenvalue weighted by atomic mass is 16.6. The quantitative estimate of drug-likeness (QED) is 0.252. The Bertz CT molecular complexity index is 1260. The molecule has 7 nitrogen and oxygen atoms in total. The van der Waals surface area contributed by atoms with Gasteiger partial charge in [0.1, 0.15) is 0 Å². The lowest BCUT2D eigenvalue weighted by Gasteiger charge is -2.12. The number of nitro benzene ring substituents is 1. The third-order valence-electron chi connectivity index (χ3n) is 5.06. The number of aryl methyl sites for hydroxylation is 1. The lowest BCUT2D eigenvalue weighted by molar-refractivity contribution is -0.384. The van der Waals surface area contributed by atoms with Gasteiger partial charge in [-0.2, -0.15) is 9.78 Å². The zero-order chi connectivity index (χ0) is 22.0. The Morgan fingerprint density at radius 2 is 1.68 bits per heavy atom. The first-order valence-corrected chi connectivity index (χ1v) is 9.63. The molecule has 0 radical (unpaired) electrons. The molecule has 3 aromatic carbocycles. The molecule has 0 N–H and O–H groups in total. The summed E-state index contributed by atoms with van der Waals surface area (Å²) in [6.07, 6.45) is 0. The number of esters is 1. The molecule has 0 aliphatic carbocycles. The Hall–Kier alpha value is -4.26. The van der Waals surface area contributed by atoms with Gasteiger partial charge in [0.05, 0.1) is 21.9 Å². The number of rotatable bonds is 5. The van der Waals surface area contributed by atoms with Crippen LogP contribution in [-0.2, 0) is 0 Å². The van der Waals surface area contributed by atoms with E-state index in [-0.39, 0.29) is 17.1 Å². The highest BCUT2D eigenvalue weighted by molar-refractivity contribution is 5.91. The Morgan fingerprint density at radius 3 is 2.35 bits per heavy atom. The van der Waals surface area contributed by atoms with Crippen LogP contribution in [0.4, 0.5) is 5.69 Å². The third-order valence-corrected chi connectivity index (χ3v) is 5.06. The van der Waals surface area contributed by atoms with Gasteiger partial charge in [-0.25, -0.2) is 4.79 Å². The second-order valence-corrected chi connectivity index (χ2v) is 7.06. The molecule has 0 amide bonds. The van der Waals surface area contributed by atoms with Gasteiger partial charge in [-0.1, -0.05) is 42.5 Å². The van der Waals surface area contributed by atoms with Crippen molar-refractivity contribution in [2.24, 2.45) is 0 Å². The molecule has 4 rings (SSSR count). The first kappa shape index (κ1) is 20.0. The molecular formula is C24H19N3O4. The van der Waals surface area contributed by atoms with Crippen LogP contribution in [-0.4, -0.2) is 20.7 Å². The summed E-state index contributed by atoms with van der Waals surface area (Å²) in [5.41, 5.74) is 4.56. The van der Waals surface area contributed by atoms with Gasteiger partial charge >= 0.3 is 5.97 Å². The van der Waals surface area contributed by atoms with Crippen LogP contribution in [0.5, 0.6) is 5.88 Å². The van der Waals surface area contributed by atoms with Crippen molar-refractivity contribution >= 4 is 11.7 Å². The highest BCUT2D eigenvalue weighted by Gasteiger charge is 2.19. The topological polar surface area (TPSA) is 87.3 Å². The zero-order valence-electron chi connectivity index (χ0n) is 17.0. The molecule has 7 heteroatoms. The van der Waals surface area contributed by atoms with Gasteiger partial charge < -0.3 is 4.74 Å². The van der Waals surface area contributed by atoms with Crippen LogP contribution < -0.4 is 4.74 Å². The van der Waals surface area contributed by atoms with Crippen LogP contribution >= 0.6 is 0 Å². The number of carbonyl (C=O) groups excluding carboxylic acids is 1. The van der Waals surface area contributed by atoms with Gasteiger partial charge in [0.25, 0.3) is 5.69 Å². The summed E-state index contributed by atoms with van der Waals surface area (Å²) < 4.78 is 7.28. The van der Waals surface area contributed by atoms with Gasteiger partial charge in [-0.05, 0) is 43.2 Å². The van der Waals surface area contributed by atoms with Gasteiger partial charge in [0.15, 0.2) is 0 Å². The van der Waals surface area contributed by atoms with Gasteiger partial charge in [-0.15, -0.1) is 0 Å². The van der Waals surface area contributed by atoms with E-state index in [9.17, 15) is 14.9 Å². The third kappa shape index (κ3) is 4.06. The molecule has 0 saturated heterocycles. The SMILES string of the molecule is Cc1cccc(-n2nc(-c3ccccc3)cc2OC(=O)c2ccc([N+](=O)[O-])cc2)c1C. The molecule has 0 unspecified atom stereocenters. The second kappa shape index (κ2) is 8.23. The Kier molecular flexibility index (Phi) is 5.32. The predicted octanol–water partition coefficient (Wildman–Crippen LogP) is 5.28. The minimum atomic E-state index is -0.624.